The molecule has 1 heterocycles. The summed E-state index contributed by atoms with van der Waals surface area (Å²) < 4.78 is 0. The summed E-state index contributed by atoms with van der Waals surface area (Å²) in [6.45, 7) is 10.9. The molecule has 0 bridgehead atoms. The fraction of sp³-hybridized carbons (Fsp3) is 0.929. The summed E-state index contributed by atoms with van der Waals surface area (Å²) in [6.07, 6.45) is 3.54. The molecule has 1 amide bonds. The molecule has 106 valence electrons. The van der Waals surface area contributed by atoms with E-state index in [1.807, 2.05) is 0 Å². The molecular weight excluding hydrogens is 226 g/mol. The monoisotopic (exact) mass is 255 g/mol. The second-order valence-electron chi connectivity index (χ2n) is 5.67. The molecule has 1 aliphatic rings. The maximum Gasteiger partial charge on any atom is 0.234 e. The lowest BCUT2D eigenvalue weighted by atomic mass is 10.1. The molecule has 0 aromatic carbocycles. The zero-order chi connectivity index (χ0) is 13.4. The number of hydrogen-bond acceptors (Lipinski definition) is 3. The Morgan fingerprint density at radius 1 is 1.50 bits per heavy atom. The Morgan fingerprint density at radius 2 is 2.28 bits per heavy atom. The molecule has 0 aromatic rings. The SMILES string of the molecule is CCCN(CC(=O)NCC(C)C)C1CCCNC1. The molecule has 0 spiro atoms. The van der Waals surface area contributed by atoms with Gasteiger partial charge in [0.15, 0.2) is 0 Å². The quantitative estimate of drug-likeness (QED) is 0.719. The number of carbonyl (C=O) groups is 1. The van der Waals surface area contributed by atoms with Crippen LogP contribution in [0, 0.1) is 5.92 Å². The van der Waals surface area contributed by atoms with Gasteiger partial charge in [-0.3, -0.25) is 9.69 Å². The third-order valence-electron chi connectivity index (χ3n) is 3.35. The predicted molar refractivity (Wildman–Crippen MR) is 75.6 cm³/mol. The molecule has 0 aliphatic carbocycles. The molecule has 4 nitrogen and oxygen atoms in total. The van der Waals surface area contributed by atoms with Gasteiger partial charge in [0, 0.05) is 19.1 Å². The molecule has 18 heavy (non-hydrogen) atoms. The van der Waals surface area contributed by atoms with E-state index in [9.17, 15) is 4.79 Å². The van der Waals surface area contributed by atoms with Crippen LogP contribution < -0.4 is 10.6 Å². The second kappa shape index (κ2) is 8.48. The Balaban J connectivity index is 2.38. The fourth-order valence-corrected chi connectivity index (χ4v) is 2.38. The second-order valence-corrected chi connectivity index (χ2v) is 5.67. The van der Waals surface area contributed by atoms with Crippen LogP contribution in [-0.4, -0.2) is 49.6 Å². The van der Waals surface area contributed by atoms with Crippen molar-refractivity contribution in [3.63, 3.8) is 0 Å². The molecule has 1 aliphatic heterocycles. The minimum Gasteiger partial charge on any atom is -0.355 e. The van der Waals surface area contributed by atoms with E-state index >= 15 is 0 Å². The minimum atomic E-state index is 0.169. The molecule has 4 heteroatoms. The van der Waals surface area contributed by atoms with Crippen LogP contribution in [0.2, 0.25) is 0 Å². The molecule has 2 N–H and O–H groups in total. The van der Waals surface area contributed by atoms with Gasteiger partial charge in [-0.15, -0.1) is 0 Å². The maximum absolute atomic E-state index is 11.9. The summed E-state index contributed by atoms with van der Waals surface area (Å²) in [5.41, 5.74) is 0. The van der Waals surface area contributed by atoms with Crippen molar-refractivity contribution in [2.45, 2.75) is 46.1 Å². The fourth-order valence-electron chi connectivity index (χ4n) is 2.38. The van der Waals surface area contributed by atoms with Crippen molar-refractivity contribution in [3.05, 3.63) is 0 Å². The van der Waals surface area contributed by atoms with Gasteiger partial charge in [-0.1, -0.05) is 20.8 Å². The van der Waals surface area contributed by atoms with E-state index in [-0.39, 0.29) is 5.91 Å². The standard InChI is InChI=1S/C14H29N3O/c1-4-8-17(13-6-5-7-15-10-13)11-14(18)16-9-12(2)3/h12-13,15H,4-11H2,1-3H3,(H,16,18). The molecule has 1 unspecified atom stereocenters. The van der Waals surface area contributed by atoms with Crippen LogP contribution >= 0.6 is 0 Å². The molecular formula is C14H29N3O. The topological polar surface area (TPSA) is 44.4 Å². The first kappa shape index (κ1) is 15.4. The van der Waals surface area contributed by atoms with E-state index in [0.717, 1.165) is 32.6 Å². The van der Waals surface area contributed by atoms with Gasteiger partial charge in [0.2, 0.25) is 5.91 Å². The largest absolute Gasteiger partial charge is 0.355 e. The highest BCUT2D eigenvalue weighted by Crippen LogP contribution is 2.10. The van der Waals surface area contributed by atoms with Crippen molar-refractivity contribution < 1.29 is 4.79 Å². The molecule has 1 saturated heterocycles. The van der Waals surface area contributed by atoms with Gasteiger partial charge in [0.25, 0.3) is 0 Å². The highest BCUT2D eigenvalue weighted by atomic mass is 16.2. The van der Waals surface area contributed by atoms with E-state index in [4.69, 9.17) is 0 Å². The van der Waals surface area contributed by atoms with Gasteiger partial charge in [0.1, 0.15) is 0 Å². The van der Waals surface area contributed by atoms with Crippen LogP contribution in [0.15, 0.2) is 0 Å². The average molecular weight is 255 g/mol. The van der Waals surface area contributed by atoms with Crippen molar-refractivity contribution in [1.82, 2.24) is 15.5 Å². The van der Waals surface area contributed by atoms with E-state index in [2.05, 4.69) is 36.3 Å². The molecule has 0 aromatic heterocycles. The Morgan fingerprint density at radius 3 is 2.83 bits per heavy atom. The zero-order valence-electron chi connectivity index (χ0n) is 12.2. The predicted octanol–water partition coefficient (Wildman–Crippen LogP) is 1.22. The highest BCUT2D eigenvalue weighted by Gasteiger charge is 2.22. The first-order valence-electron chi connectivity index (χ1n) is 7.35. The van der Waals surface area contributed by atoms with Gasteiger partial charge in [0.05, 0.1) is 6.54 Å². The highest BCUT2D eigenvalue weighted by molar-refractivity contribution is 5.78. The van der Waals surface area contributed by atoms with E-state index < -0.39 is 0 Å². The Labute approximate surface area is 111 Å². The van der Waals surface area contributed by atoms with Crippen LogP contribution in [0.1, 0.15) is 40.0 Å². The molecule has 1 rings (SSSR count). The molecule has 1 fully saturated rings. The lowest BCUT2D eigenvalue weighted by Crippen LogP contribution is -2.50. The van der Waals surface area contributed by atoms with Crippen molar-refractivity contribution in [2.24, 2.45) is 5.92 Å². The molecule has 1 atom stereocenters. The van der Waals surface area contributed by atoms with Crippen LogP contribution in [0.5, 0.6) is 0 Å². The first-order chi connectivity index (χ1) is 8.63. The normalized spacial score (nSPS) is 20.4. The number of rotatable bonds is 7. The number of carbonyl (C=O) groups excluding carboxylic acids is 1. The van der Waals surface area contributed by atoms with E-state index in [1.54, 1.807) is 0 Å². The maximum atomic E-state index is 11.9. The van der Waals surface area contributed by atoms with Crippen LogP contribution in [0.3, 0.4) is 0 Å². The summed E-state index contributed by atoms with van der Waals surface area (Å²) >= 11 is 0. The van der Waals surface area contributed by atoms with Crippen LogP contribution in [0.4, 0.5) is 0 Å². The average Bonchev–Trinajstić information content (AvgIpc) is 2.37. The van der Waals surface area contributed by atoms with Gasteiger partial charge in [-0.05, 0) is 38.3 Å². The van der Waals surface area contributed by atoms with E-state index in [0.29, 0.717) is 18.5 Å². The van der Waals surface area contributed by atoms with E-state index in [1.165, 1.54) is 12.8 Å². The summed E-state index contributed by atoms with van der Waals surface area (Å²) in [6, 6.07) is 0.531. The number of hydrogen-bond donors (Lipinski definition) is 2. The zero-order valence-corrected chi connectivity index (χ0v) is 12.2. The van der Waals surface area contributed by atoms with Crippen molar-refractivity contribution in [2.75, 3.05) is 32.7 Å². The summed E-state index contributed by atoms with van der Waals surface area (Å²) in [5.74, 6) is 0.688. The Hall–Kier alpha value is -0.610. The summed E-state index contributed by atoms with van der Waals surface area (Å²) in [7, 11) is 0. The third-order valence-corrected chi connectivity index (χ3v) is 3.35. The van der Waals surface area contributed by atoms with Crippen molar-refractivity contribution in [1.29, 1.82) is 0 Å². The lowest BCUT2D eigenvalue weighted by molar-refractivity contribution is -0.123. The van der Waals surface area contributed by atoms with Gasteiger partial charge < -0.3 is 10.6 Å². The van der Waals surface area contributed by atoms with Gasteiger partial charge in [-0.25, -0.2) is 0 Å². The Kier molecular flexibility index (Phi) is 7.28. The Bertz CT molecular complexity index is 237. The smallest absolute Gasteiger partial charge is 0.234 e. The molecule has 0 saturated carbocycles. The van der Waals surface area contributed by atoms with Gasteiger partial charge >= 0.3 is 0 Å². The van der Waals surface area contributed by atoms with Crippen molar-refractivity contribution >= 4 is 5.91 Å². The van der Waals surface area contributed by atoms with Crippen LogP contribution in [0.25, 0.3) is 0 Å². The summed E-state index contributed by atoms with van der Waals surface area (Å²) in [5, 5.41) is 6.43. The van der Waals surface area contributed by atoms with Gasteiger partial charge in [-0.2, -0.15) is 0 Å². The van der Waals surface area contributed by atoms with Crippen LogP contribution in [-0.2, 0) is 4.79 Å². The molecule has 0 radical (unpaired) electrons. The third kappa shape index (κ3) is 5.83. The number of nitrogens with one attached hydrogen (secondary N) is 2. The lowest BCUT2D eigenvalue weighted by Gasteiger charge is -2.34. The first-order valence-corrected chi connectivity index (χ1v) is 7.35. The summed E-state index contributed by atoms with van der Waals surface area (Å²) in [4.78, 5) is 14.2. The minimum absolute atomic E-state index is 0.169. The number of nitrogens with zero attached hydrogens (tertiary/aromatic N) is 1. The number of amides is 1. The number of piperidine rings is 1. The van der Waals surface area contributed by atoms with Crippen molar-refractivity contribution in [3.8, 4) is 0 Å².